The Hall–Kier alpha value is -1.24. The number of H-pyrrole nitrogens is 1. The fourth-order valence-corrected chi connectivity index (χ4v) is 2.62. The van der Waals surface area contributed by atoms with E-state index in [1.165, 1.54) is 22.0 Å². The van der Waals surface area contributed by atoms with Crippen LogP contribution in [0.2, 0.25) is 0 Å². The maximum Gasteiger partial charge on any atom is 0.191 e. The zero-order valence-corrected chi connectivity index (χ0v) is 14.0. The van der Waals surface area contributed by atoms with Crippen LogP contribution < -0.4 is 10.6 Å². The topological polar surface area (TPSA) is 52.2 Å². The highest BCUT2D eigenvalue weighted by Gasteiger charge is 2.07. The van der Waals surface area contributed by atoms with Crippen LogP contribution in [0.25, 0.3) is 10.9 Å². The number of hydrogen-bond acceptors (Lipinski definition) is 3. The van der Waals surface area contributed by atoms with Gasteiger partial charge in [0.25, 0.3) is 0 Å². The van der Waals surface area contributed by atoms with Gasteiger partial charge in [-0.3, -0.25) is 4.99 Å². The average Bonchev–Trinajstić information content (AvgIpc) is 2.85. The van der Waals surface area contributed by atoms with Gasteiger partial charge in [0.2, 0.25) is 0 Å². The maximum atomic E-state index is 4.41. The van der Waals surface area contributed by atoms with Gasteiger partial charge >= 0.3 is 0 Å². The molecule has 3 N–H and O–H groups in total. The zero-order valence-electron chi connectivity index (χ0n) is 11.7. The molecule has 1 aromatic heterocycles. The predicted molar refractivity (Wildman–Crippen MR) is 95.1 cm³/mol. The fourth-order valence-electron chi connectivity index (χ4n) is 2.62. The third kappa shape index (κ3) is 3.26. The molecule has 0 fully saturated rings. The summed E-state index contributed by atoms with van der Waals surface area (Å²) >= 11 is 0. The van der Waals surface area contributed by atoms with Crippen molar-refractivity contribution in [3.63, 3.8) is 0 Å². The number of rotatable bonds is 3. The van der Waals surface area contributed by atoms with E-state index in [9.17, 15) is 0 Å². The van der Waals surface area contributed by atoms with Crippen LogP contribution in [-0.4, -0.2) is 30.6 Å². The monoisotopic (exact) mass is 384 g/mol. The molecule has 4 nitrogen and oxygen atoms in total. The van der Waals surface area contributed by atoms with Gasteiger partial charge in [-0.15, -0.1) is 24.0 Å². The predicted octanol–water partition coefficient (Wildman–Crippen LogP) is 2.58. The lowest BCUT2D eigenvalue weighted by Gasteiger charge is -2.15. The highest BCUT2D eigenvalue weighted by Crippen LogP contribution is 2.22. The fraction of sp³-hybridized carbons (Fsp3) is 0.400. The highest BCUT2D eigenvalue weighted by molar-refractivity contribution is 14.0. The van der Waals surface area contributed by atoms with Crippen molar-refractivity contribution in [2.75, 3.05) is 19.6 Å². The second-order valence-corrected chi connectivity index (χ2v) is 5.00. The number of aliphatic imine (C=N–C) groups is 1. The van der Waals surface area contributed by atoms with Gasteiger partial charge in [0.1, 0.15) is 0 Å². The molecule has 1 aliphatic rings. The third-order valence-corrected chi connectivity index (χ3v) is 3.58. The van der Waals surface area contributed by atoms with E-state index in [2.05, 4.69) is 51.9 Å². The largest absolute Gasteiger partial charge is 0.361 e. The van der Waals surface area contributed by atoms with Crippen LogP contribution in [0, 0.1) is 6.92 Å². The molecular formula is C15H21IN4. The lowest BCUT2D eigenvalue weighted by Crippen LogP contribution is -2.41. The second-order valence-electron chi connectivity index (χ2n) is 5.00. The van der Waals surface area contributed by atoms with Gasteiger partial charge in [0.05, 0.1) is 0 Å². The minimum Gasteiger partial charge on any atom is -0.361 e. The van der Waals surface area contributed by atoms with Gasteiger partial charge < -0.3 is 15.6 Å². The smallest absolute Gasteiger partial charge is 0.191 e. The molecule has 0 spiro atoms. The number of aromatic amines is 1. The van der Waals surface area contributed by atoms with Crippen LogP contribution in [0.1, 0.15) is 17.5 Å². The Labute approximate surface area is 136 Å². The molecule has 0 aliphatic carbocycles. The molecule has 3 rings (SSSR count). The molecule has 1 aliphatic heterocycles. The van der Waals surface area contributed by atoms with Crippen molar-refractivity contribution in [3.8, 4) is 0 Å². The van der Waals surface area contributed by atoms with Crippen molar-refractivity contribution in [1.82, 2.24) is 15.6 Å². The molecule has 2 heterocycles. The van der Waals surface area contributed by atoms with E-state index in [-0.39, 0.29) is 24.0 Å². The lowest BCUT2D eigenvalue weighted by molar-refractivity contribution is 0.700. The van der Waals surface area contributed by atoms with Crippen LogP contribution in [0.15, 0.2) is 29.4 Å². The molecule has 0 amide bonds. The van der Waals surface area contributed by atoms with Crippen LogP contribution in [0.3, 0.4) is 0 Å². The molecule has 0 saturated heterocycles. The number of nitrogens with one attached hydrogen (secondary N) is 3. The second kappa shape index (κ2) is 6.97. The van der Waals surface area contributed by atoms with Crippen LogP contribution in [-0.2, 0) is 6.42 Å². The summed E-state index contributed by atoms with van der Waals surface area (Å²) in [6, 6.07) is 6.39. The Kier molecular flexibility index (Phi) is 5.28. The molecule has 5 heteroatoms. The summed E-state index contributed by atoms with van der Waals surface area (Å²) in [5.41, 5.74) is 3.93. The van der Waals surface area contributed by atoms with Gasteiger partial charge in [-0.05, 0) is 37.0 Å². The molecule has 0 saturated carbocycles. The minimum atomic E-state index is 0. The van der Waals surface area contributed by atoms with E-state index >= 15 is 0 Å². The van der Waals surface area contributed by atoms with Crippen molar-refractivity contribution in [2.45, 2.75) is 19.8 Å². The number of fused-ring (bicyclic) bond motifs is 1. The van der Waals surface area contributed by atoms with Gasteiger partial charge in [-0.25, -0.2) is 0 Å². The summed E-state index contributed by atoms with van der Waals surface area (Å²) in [6.07, 6.45) is 4.26. The van der Waals surface area contributed by atoms with Crippen molar-refractivity contribution < 1.29 is 0 Å². The first-order chi connectivity index (χ1) is 9.34. The normalized spacial score (nSPS) is 14.3. The number of guanidine groups is 1. The van der Waals surface area contributed by atoms with E-state index in [1.807, 2.05) is 0 Å². The zero-order chi connectivity index (χ0) is 13.1. The molecule has 0 radical (unpaired) electrons. The van der Waals surface area contributed by atoms with E-state index in [4.69, 9.17) is 0 Å². The average molecular weight is 384 g/mol. The molecule has 108 valence electrons. The first-order valence-electron chi connectivity index (χ1n) is 6.92. The number of nitrogens with zero attached hydrogens (tertiary/aromatic N) is 1. The Bertz CT molecular complexity index is 603. The van der Waals surface area contributed by atoms with Gasteiger partial charge in [-0.2, -0.15) is 0 Å². The first-order valence-corrected chi connectivity index (χ1v) is 6.92. The summed E-state index contributed by atoms with van der Waals surface area (Å²) in [5.74, 6) is 0.947. The molecule has 2 aromatic rings. The number of hydrogen-bond donors (Lipinski definition) is 3. The van der Waals surface area contributed by atoms with Crippen molar-refractivity contribution in [3.05, 3.63) is 35.5 Å². The van der Waals surface area contributed by atoms with Crippen molar-refractivity contribution in [1.29, 1.82) is 0 Å². The van der Waals surface area contributed by atoms with Gasteiger partial charge in [-0.1, -0.05) is 12.1 Å². The standard InChI is InChI=1S/C15H20N4.HI/c1-11-4-2-5-13-14(11)12(10-19-13)6-9-18-15-16-7-3-8-17-15;/h2,4-5,10,19H,3,6-9H2,1H3,(H2,16,17,18);1H. The summed E-state index contributed by atoms with van der Waals surface area (Å²) < 4.78 is 0. The highest BCUT2D eigenvalue weighted by atomic mass is 127. The summed E-state index contributed by atoms with van der Waals surface area (Å²) in [5, 5.41) is 8.01. The Morgan fingerprint density at radius 3 is 3.05 bits per heavy atom. The maximum absolute atomic E-state index is 4.41. The molecular weight excluding hydrogens is 363 g/mol. The Balaban J connectivity index is 0.00000147. The Morgan fingerprint density at radius 1 is 1.35 bits per heavy atom. The molecule has 0 unspecified atom stereocenters. The quantitative estimate of drug-likeness (QED) is 0.713. The molecule has 0 bridgehead atoms. The summed E-state index contributed by atoms with van der Waals surface area (Å²) in [6.45, 7) is 5.03. The van der Waals surface area contributed by atoms with E-state index in [0.717, 1.165) is 38.4 Å². The van der Waals surface area contributed by atoms with Crippen LogP contribution >= 0.6 is 24.0 Å². The van der Waals surface area contributed by atoms with Crippen molar-refractivity contribution >= 4 is 40.8 Å². The van der Waals surface area contributed by atoms with Crippen LogP contribution in [0.4, 0.5) is 0 Å². The molecule has 1 aromatic carbocycles. The van der Waals surface area contributed by atoms with Crippen LogP contribution in [0.5, 0.6) is 0 Å². The lowest BCUT2D eigenvalue weighted by atomic mass is 10.1. The van der Waals surface area contributed by atoms with E-state index in [1.54, 1.807) is 0 Å². The minimum absolute atomic E-state index is 0. The molecule has 20 heavy (non-hydrogen) atoms. The number of halogens is 1. The number of aromatic nitrogens is 1. The Morgan fingerprint density at radius 2 is 2.25 bits per heavy atom. The summed E-state index contributed by atoms with van der Waals surface area (Å²) in [7, 11) is 0. The first kappa shape index (κ1) is 15.2. The summed E-state index contributed by atoms with van der Waals surface area (Å²) in [4.78, 5) is 7.76. The third-order valence-electron chi connectivity index (χ3n) is 3.58. The van der Waals surface area contributed by atoms with E-state index in [0.29, 0.717) is 0 Å². The SMILES string of the molecule is Cc1cccc2[nH]cc(CCNC3=NCCCN3)c12.I. The van der Waals surface area contributed by atoms with Gasteiger partial charge in [0, 0.05) is 36.7 Å². The van der Waals surface area contributed by atoms with Crippen molar-refractivity contribution in [2.24, 2.45) is 4.99 Å². The molecule has 0 atom stereocenters. The number of benzene rings is 1. The number of aryl methyl sites for hydroxylation is 1. The van der Waals surface area contributed by atoms with Gasteiger partial charge in [0.15, 0.2) is 5.96 Å². The van der Waals surface area contributed by atoms with E-state index < -0.39 is 0 Å².